The van der Waals surface area contributed by atoms with Crippen molar-refractivity contribution in [3.8, 4) is 16.9 Å². The topological polar surface area (TPSA) is 110 Å². The summed E-state index contributed by atoms with van der Waals surface area (Å²) in [6.07, 6.45) is 4.77. The van der Waals surface area contributed by atoms with Crippen LogP contribution in [0.5, 0.6) is 5.75 Å². The number of nitrogens with one attached hydrogen (secondary N) is 1. The lowest BCUT2D eigenvalue weighted by Gasteiger charge is -2.28. The number of hydrogen-bond donors (Lipinski definition) is 2. The molecule has 2 N–H and O–H groups in total. The molecule has 1 atom stereocenters. The molecular weight excluding hydrogens is 605 g/mol. The summed E-state index contributed by atoms with van der Waals surface area (Å²) >= 11 is 6.50. The van der Waals surface area contributed by atoms with Gasteiger partial charge in [0.05, 0.1) is 28.1 Å². The zero-order valence-corrected chi connectivity index (χ0v) is 25.3. The van der Waals surface area contributed by atoms with Crippen LogP contribution in [0, 0.1) is 5.82 Å². The Kier molecular flexibility index (Phi) is 8.81. The van der Waals surface area contributed by atoms with Crippen LogP contribution in [0.3, 0.4) is 0 Å². The van der Waals surface area contributed by atoms with Crippen molar-refractivity contribution >= 4 is 43.8 Å². The third-order valence-electron chi connectivity index (χ3n) is 7.52. The first-order chi connectivity index (χ1) is 21.2. The highest BCUT2D eigenvalue weighted by molar-refractivity contribution is 7.91. The maximum Gasteiger partial charge on any atom is 0.152 e. The third kappa shape index (κ3) is 7.36. The molecule has 1 saturated heterocycles. The molecule has 0 bridgehead atoms. The highest BCUT2D eigenvalue weighted by atomic mass is 35.5. The van der Waals surface area contributed by atoms with Crippen molar-refractivity contribution in [2.45, 2.75) is 19.3 Å². The summed E-state index contributed by atoms with van der Waals surface area (Å²) in [5, 5.41) is 15.2. The van der Waals surface area contributed by atoms with E-state index in [1.807, 2.05) is 52.2 Å². The highest BCUT2D eigenvalue weighted by Crippen LogP contribution is 2.32. The molecule has 44 heavy (non-hydrogen) atoms. The number of ether oxygens (including phenoxy) is 1. The van der Waals surface area contributed by atoms with E-state index in [1.165, 1.54) is 18.5 Å². The van der Waals surface area contributed by atoms with E-state index >= 15 is 0 Å². The van der Waals surface area contributed by atoms with E-state index < -0.39 is 15.9 Å². The van der Waals surface area contributed by atoms with Gasteiger partial charge in [-0.05, 0) is 65.2 Å². The Morgan fingerprint density at radius 2 is 1.84 bits per heavy atom. The number of halogens is 2. The minimum Gasteiger partial charge on any atom is -0.487 e. The molecule has 0 radical (unpaired) electrons. The van der Waals surface area contributed by atoms with Gasteiger partial charge in [-0.3, -0.25) is 4.90 Å². The Balaban J connectivity index is 1.13. The fourth-order valence-electron chi connectivity index (χ4n) is 5.21. The molecule has 0 amide bonds. The molecule has 2 aromatic heterocycles. The quantitative estimate of drug-likeness (QED) is 0.213. The van der Waals surface area contributed by atoms with E-state index in [1.54, 1.807) is 24.3 Å². The summed E-state index contributed by atoms with van der Waals surface area (Å²) in [5.41, 5.74) is 4.12. The molecule has 3 heterocycles. The number of aromatic nitrogens is 3. The summed E-state index contributed by atoms with van der Waals surface area (Å²) in [6, 6.07) is 19.5. The summed E-state index contributed by atoms with van der Waals surface area (Å²) in [7, 11) is -2.95. The Morgan fingerprint density at radius 1 is 1.00 bits per heavy atom. The lowest BCUT2D eigenvalue weighted by molar-refractivity contribution is 0.102. The van der Waals surface area contributed by atoms with Crippen molar-refractivity contribution in [1.29, 1.82) is 0 Å². The first-order valence-corrected chi connectivity index (χ1v) is 16.4. The fourth-order valence-corrected chi connectivity index (χ4v) is 6.72. The van der Waals surface area contributed by atoms with Crippen molar-refractivity contribution in [2.75, 3.05) is 36.5 Å². The van der Waals surface area contributed by atoms with Crippen molar-refractivity contribution in [1.82, 2.24) is 19.4 Å². The average molecular weight is 636 g/mol. The number of hydrogen-bond acceptors (Lipinski definition) is 8. The lowest BCUT2D eigenvalue weighted by atomic mass is 10.1. The zero-order valence-electron chi connectivity index (χ0n) is 23.7. The van der Waals surface area contributed by atoms with E-state index in [4.69, 9.17) is 16.3 Å². The number of rotatable bonds is 10. The molecule has 228 valence electrons. The molecular formula is C32H31ClFN5O4S. The number of β-amino-alcohol motifs (C(OH)–C–C–N with tert-alkyl or cyclic N) is 1. The predicted octanol–water partition coefficient (Wildman–Crippen LogP) is 5.30. The third-order valence-corrected chi connectivity index (χ3v) is 9.43. The lowest BCUT2D eigenvalue weighted by Crippen LogP contribution is -2.44. The maximum atomic E-state index is 13.5. The molecule has 3 aromatic carbocycles. The number of sulfone groups is 1. The van der Waals surface area contributed by atoms with Gasteiger partial charge < -0.3 is 19.7 Å². The van der Waals surface area contributed by atoms with Crippen LogP contribution in [0.2, 0.25) is 5.02 Å². The fraction of sp³-hybridized carbons (Fsp3) is 0.250. The van der Waals surface area contributed by atoms with Crippen LogP contribution in [0.25, 0.3) is 22.0 Å². The van der Waals surface area contributed by atoms with E-state index in [9.17, 15) is 17.9 Å². The second kappa shape index (κ2) is 12.9. The Morgan fingerprint density at radius 3 is 2.64 bits per heavy atom. The Bertz CT molecular complexity index is 1890. The largest absolute Gasteiger partial charge is 0.487 e. The first-order valence-electron chi connectivity index (χ1n) is 14.2. The van der Waals surface area contributed by atoms with Crippen molar-refractivity contribution in [3.63, 3.8) is 0 Å². The SMILES string of the molecule is O=S1(=O)CCN(CC(O)Cn2ccc(-c3ccc4ncnc(Nc5ccc(OCc6cccc(F)c6)c(Cl)c5)c4c3)c2)CC1. The molecule has 1 fully saturated rings. The summed E-state index contributed by atoms with van der Waals surface area (Å²) < 4.78 is 44.6. The van der Waals surface area contributed by atoms with Gasteiger partial charge in [-0.15, -0.1) is 0 Å². The first kappa shape index (κ1) is 30.0. The van der Waals surface area contributed by atoms with Gasteiger partial charge in [-0.1, -0.05) is 29.8 Å². The van der Waals surface area contributed by atoms with Crippen LogP contribution in [-0.2, 0) is 23.0 Å². The summed E-state index contributed by atoms with van der Waals surface area (Å²) in [6.45, 7) is 1.92. The summed E-state index contributed by atoms with van der Waals surface area (Å²) in [4.78, 5) is 10.9. The standard InChI is InChI=1S/C32H31ClFN5O4S/c33-29-16-26(5-7-31(29)43-20-22-2-1-3-25(34)14-22)37-32-28-15-23(4-6-30(28)35-21-36-32)24-8-9-39(17-24)19-27(40)18-38-10-12-44(41,42)13-11-38/h1-9,14-17,21,27,40H,10-13,18-20H2,(H,35,36,37). The van der Waals surface area contributed by atoms with Crippen molar-refractivity contribution < 1.29 is 22.7 Å². The average Bonchev–Trinajstić information content (AvgIpc) is 3.46. The molecule has 1 aliphatic heterocycles. The van der Waals surface area contributed by atoms with E-state index in [2.05, 4.69) is 15.3 Å². The van der Waals surface area contributed by atoms with Gasteiger partial charge in [0.2, 0.25) is 0 Å². The van der Waals surface area contributed by atoms with Gasteiger partial charge in [0, 0.05) is 49.6 Å². The Labute approximate surface area is 259 Å². The van der Waals surface area contributed by atoms with Crippen LogP contribution in [0.4, 0.5) is 15.9 Å². The molecule has 5 aromatic rings. The molecule has 1 unspecified atom stereocenters. The van der Waals surface area contributed by atoms with Crippen LogP contribution in [0.15, 0.2) is 85.5 Å². The van der Waals surface area contributed by atoms with Crippen LogP contribution in [-0.4, -0.2) is 70.2 Å². The van der Waals surface area contributed by atoms with Gasteiger partial charge in [0.15, 0.2) is 9.84 Å². The number of fused-ring (bicyclic) bond motifs is 1. The van der Waals surface area contributed by atoms with Gasteiger partial charge in [-0.25, -0.2) is 22.8 Å². The van der Waals surface area contributed by atoms with Gasteiger partial charge >= 0.3 is 0 Å². The number of nitrogens with zero attached hydrogens (tertiary/aromatic N) is 4. The van der Waals surface area contributed by atoms with Crippen LogP contribution >= 0.6 is 11.6 Å². The van der Waals surface area contributed by atoms with Crippen LogP contribution in [0.1, 0.15) is 5.56 Å². The van der Waals surface area contributed by atoms with E-state index in [0.29, 0.717) is 54.0 Å². The van der Waals surface area contributed by atoms with Crippen LogP contribution < -0.4 is 10.1 Å². The van der Waals surface area contributed by atoms with Crippen molar-refractivity contribution in [2.24, 2.45) is 0 Å². The molecule has 0 aliphatic carbocycles. The molecule has 9 nitrogen and oxygen atoms in total. The van der Waals surface area contributed by atoms with Gasteiger partial charge in [0.25, 0.3) is 0 Å². The number of benzene rings is 3. The summed E-state index contributed by atoms with van der Waals surface area (Å²) in [5.74, 6) is 1.05. The molecule has 0 saturated carbocycles. The second-order valence-electron chi connectivity index (χ2n) is 10.8. The van der Waals surface area contributed by atoms with E-state index in [-0.39, 0.29) is 23.9 Å². The predicted molar refractivity (Wildman–Crippen MR) is 170 cm³/mol. The molecule has 1 aliphatic rings. The smallest absolute Gasteiger partial charge is 0.152 e. The number of aliphatic hydroxyl groups excluding tert-OH is 1. The van der Waals surface area contributed by atoms with Gasteiger partial charge in [-0.2, -0.15) is 0 Å². The maximum absolute atomic E-state index is 13.5. The number of aliphatic hydroxyl groups is 1. The molecule has 12 heteroatoms. The van der Waals surface area contributed by atoms with Gasteiger partial charge in [0.1, 0.15) is 30.3 Å². The normalized spacial score (nSPS) is 15.7. The monoisotopic (exact) mass is 635 g/mol. The highest BCUT2D eigenvalue weighted by Gasteiger charge is 2.23. The Hall–Kier alpha value is -4.03. The zero-order chi connectivity index (χ0) is 30.7. The molecule has 0 spiro atoms. The van der Waals surface area contributed by atoms with Crippen molar-refractivity contribution in [3.05, 3.63) is 102 Å². The van der Waals surface area contributed by atoms with E-state index in [0.717, 1.165) is 22.0 Å². The number of anilines is 2. The minimum atomic E-state index is -2.95. The minimum absolute atomic E-state index is 0.140. The molecule has 6 rings (SSSR count). The second-order valence-corrected chi connectivity index (χ2v) is 13.6.